The SMILES string of the molecule is c1ccc(CN2CCC[C@H]2CN2CCCCC2)cc1. The molecular weight excluding hydrogens is 232 g/mol. The van der Waals surface area contributed by atoms with Crippen molar-refractivity contribution in [3.63, 3.8) is 0 Å². The summed E-state index contributed by atoms with van der Waals surface area (Å²) in [5.41, 5.74) is 1.47. The lowest BCUT2D eigenvalue weighted by Gasteiger charge is -2.33. The lowest BCUT2D eigenvalue weighted by atomic mass is 10.1. The van der Waals surface area contributed by atoms with Gasteiger partial charge in [-0.05, 0) is 50.9 Å². The van der Waals surface area contributed by atoms with Crippen LogP contribution in [-0.2, 0) is 6.54 Å². The van der Waals surface area contributed by atoms with Crippen LogP contribution in [-0.4, -0.2) is 42.0 Å². The van der Waals surface area contributed by atoms with Gasteiger partial charge in [0.25, 0.3) is 0 Å². The first-order valence-electron chi connectivity index (χ1n) is 7.92. The van der Waals surface area contributed by atoms with E-state index in [1.165, 1.54) is 63.8 Å². The Balaban J connectivity index is 1.55. The second-order valence-electron chi connectivity index (χ2n) is 6.11. The summed E-state index contributed by atoms with van der Waals surface area (Å²) in [5.74, 6) is 0. The van der Waals surface area contributed by atoms with Crippen LogP contribution in [0.15, 0.2) is 30.3 Å². The molecule has 2 aliphatic heterocycles. The average Bonchev–Trinajstić information content (AvgIpc) is 2.88. The van der Waals surface area contributed by atoms with Gasteiger partial charge in [0.2, 0.25) is 0 Å². The van der Waals surface area contributed by atoms with E-state index >= 15 is 0 Å². The topological polar surface area (TPSA) is 6.48 Å². The highest BCUT2D eigenvalue weighted by molar-refractivity contribution is 5.14. The molecule has 1 aromatic rings. The summed E-state index contributed by atoms with van der Waals surface area (Å²) in [6, 6.07) is 11.7. The van der Waals surface area contributed by atoms with Crippen molar-refractivity contribution in [2.45, 2.75) is 44.7 Å². The van der Waals surface area contributed by atoms with Crippen LogP contribution in [0.4, 0.5) is 0 Å². The molecule has 104 valence electrons. The standard InChI is InChI=1S/C17H26N2/c1-3-8-16(9-4-1)14-19-13-7-10-17(19)15-18-11-5-2-6-12-18/h1,3-4,8-9,17H,2,5-7,10-15H2/t17-/m0/s1. The molecule has 0 aromatic heterocycles. The van der Waals surface area contributed by atoms with Crippen LogP contribution >= 0.6 is 0 Å². The van der Waals surface area contributed by atoms with Crippen LogP contribution in [0.1, 0.15) is 37.7 Å². The fourth-order valence-electron chi connectivity index (χ4n) is 3.57. The number of hydrogen-bond donors (Lipinski definition) is 0. The third kappa shape index (κ3) is 3.58. The second-order valence-corrected chi connectivity index (χ2v) is 6.11. The smallest absolute Gasteiger partial charge is 0.0237 e. The molecule has 3 rings (SSSR count). The van der Waals surface area contributed by atoms with E-state index in [4.69, 9.17) is 0 Å². The molecule has 0 radical (unpaired) electrons. The molecule has 2 nitrogen and oxygen atoms in total. The van der Waals surface area contributed by atoms with E-state index in [0.29, 0.717) is 0 Å². The first-order chi connectivity index (χ1) is 9.42. The molecule has 0 unspecified atom stereocenters. The Morgan fingerprint density at radius 1 is 0.895 bits per heavy atom. The summed E-state index contributed by atoms with van der Waals surface area (Å²) in [4.78, 5) is 5.39. The van der Waals surface area contributed by atoms with Gasteiger partial charge in [-0.3, -0.25) is 4.90 Å². The van der Waals surface area contributed by atoms with Gasteiger partial charge in [0.15, 0.2) is 0 Å². The van der Waals surface area contributed by atoms with Crippen LogP contribution in [0.3, 0.4) is 0 Å². The number of benzene rings is 1. The maximum atomic E-state index is 2.70. The summed E-state index contributed by atoms with van der Waals surface area (Å²) >= 11 is 0. The highest BCUT2D eigenvalue weighted by atomic mass is 15.2. The minimum atomic E-state index is 0.790. The van der Waals surface area contributed by atoms with Crippen molar-refractivity contribution in [2.75, 3.05) is 26.2 Å². The monoisotopic (exact) mass is 258 g/mol. The van der Waals surface area contributed by atoms with Crippen LogP contribution in [0.5, 0.6) is 0 Å². The van der Waals surface area contributed by atoms with Crippen molar-refractivity contribution in [3.05, 3.63) is 35.9 Å². The van der Waals surface area contributed by atoms with Gasteiger partial charge in [0.05, 0.1) is 0 Å². The summed E-state index contributed by atoms with van der Waals surface area (Å²) in [6.45, 7) is 6.38. The second kappa shape index (κ2) is 6.53. The molecule has 2 aliphatic rings. The third-order valence-corrected chi connectivity index (χ3v) is 4.65. The summed E-state index contributed by atoms with van der Waals surface area (Å²) in [6.07, 6.45) is 7.03. The van der Waals surface area contributed by atoms with Gasteiger partial charge in [-0.2, -0.15) is 0 Å². The van der Waals surface area contributed by atoms with Gasteiger partial charge < -0.3 is 4.90 Å². The summed E-state index contributed by atoms with van der Waals surface area (Å²) in [5, 5.41) is 0. The number of rotatable bonds is 4. The third-order valence-electron chi connectivity index (χ3n) is 4.65. The zero-order chi connectivity index (χ0) is 12.9. The molecule has 2 heterocycles. The minimum Gasteiger partial charge on any atom is -0.302 e. The number of likely N-dealkylation sites (tertiary alicyclic amines) is 2. The Kier molecular flexibility index (Phi) is 4.52. The maximum Gasteiger partial charge on any atom is 0.0237 e. The molecule has 0 saturated carbocycles. The largest absolute Gasteiger partial charge is 0.302 e. The van der Waals surface area contributed by atoms with E-state index in [-0.39, 0.29) is 0 Å². The molecule has 2 saturated heterocycles. The Morgan fingerprint density at radius 2 is 1.68 bits per heavy atom. The lowest BCUT2D eigenvalue weighted by molar-refractivity contribution is 0.149. The molecule has 19 heavy (non-hydrogen) atoms. The van der Waals surface area contributed by atoms with Crippen LogP contribution < -0.4 is 0 Å². The maximum absolute atomic E-state index is 2.70. The number of hydrogen-bond acceptors (Lipinski definition) is 2. The van der Waals surface area contributed by atoms with Crippen LogP contribution in [0.25, 0.3) is 0 Å². The zero-order valence-electron chi connectivity index (χ0n) is 11.9. The molecule has 2 fully saturated rings. The highest BCUT2D eigenvalue weighted by Gasteiger charge is 2.26. The van der Waals surface area contributed by atoms with Gasteiger partial charge >= 0.3 is 0 Å². The summed E-state index contributed by atoms with van der Waals surface area (Å²) in [7, 11) is 0. The molecule has 0 bridgehead atoms. The minimum absolute atomic E-state index is 0.790. The van der Waals surface area contributed by atoms with Crippen molar-refractivity contribution < 1.29 is 0 Å². The fourth-order valence-corrected chi connectivity index (χ4v) is 3.57. The van der Waals surface area contributed by atoms with Gasteiger partial charge in [0.1, 0.15) is 0 Å². The van der Waals surface area contributed by atoms with Crippen molar-refractivity contribution >= 4 is 0 Å². The Morgan fingerprint density at radius 3 is 2.47 bits per heavy atom. The first-order valence-corrected chi connectivity index (χ1v) is 7.92. The van der Waals surface area contributed by atoms with E-state index in [1.54, 1.807) is 0 Å². The predicted octanol–water partition coefficient (Wildman–Crippen LogP) is 3.14. The molecule has 0 N–H and O–H groups in total. The van der Waals surface area contributed by atoms with E-state index in [2.05, 4.69) is 40.1 Å². The van der Waals surface area contributed by atoms with E-state index < -0.39 is 0 Å². The first kappa shape index (κ1) is 13.1. The molecule has 0 spiro atoms. The summed E-state index contributed by atoms with van der Waals surface area (Å²) < 4.78 is 0. The van der Waals surface area contributed by atoms with E-state index in [1.807, 2.05) is 0 Å². The molecular formula is C17H26N2. The van der Waals surface area contributed by atoms with Crippen molar-refractivity contribution in [3.8, 4) is 0 Å². The van der Waals surface area contributed by atoms with Crippen molar-refractivity contribution in [1.82, 2.24) is 9.80 Å². The Hall–Kier alpha value is -0.860. The molecule has 0 aliphatic carbocycles. The van der Waals surface area contributed by atoms with Crippen LogP contribution in [0, 0.1) is 0 Å². The average molecular weight is 258 g/mol. The van der Waals surface area contributed by atoms with E-state index in [0.717, 1.165) is 12.6 Å². The molecule has 1 aromatic carbocycles. The Bertz CT molecular complexity index is 370. The van der Waals surface area contributed by atoms with Crippen molar-refractivity contribution in [1.29, 1.82) is 0 Å². The highest BCUT2D eigenvalue weighted by Crippen LogP contribution is 2.22. The zero-order valence-corrected chi connectivity index (χ0v) is 11.9. The number of piperidine rings is 1. The van der Waals surface area contributed by atoms with Gasteiger partial charge in [-0.15, -0.1) is 0 Å². The van der Waals surface area contributed by atoms with Crippen molar-refractivity contribution in [2.24, 2.45) is 0 Å². The van der Waals surface area contributed by atoms with Gasteiger partial charge in [-0.1, -0.05) is 36.8 Å². The predicted molar refractivity (Wildman–Crippen MR) is 80.2 cm³/mol. The van der Waals surface area contributed by atoms with Gasteiger partial charge in [-0.25, -0.2) is 0 Å². The normalized spacial score (nSPS) is 25.8. The molecule has 1 atom stereocenters. The number of nitrogens with zero attached hydrogens (tertiary/aromatic N) is 2. The van der Waals surface area contributed by atoms with Crippen LogP contribution in [0.2, 0.25) is 0 Å². The van der Waals surface area contributed by atoms with Gasteiger partial charge in [0, 0.05) is 19.1 Å². The Labute approximate surface area is 117 Å². The molecule has 2 heteroatoms. The quantitative estimate of drug-likeness (QED) is 0.818. The lowest BCUT2D eigenvalue weighted by Crippen LogP contribution is -2.42. The molecule has 0 amide bonds. The van der Waals surface area contributed by atoms with E-state index in [9.17, 15) is 0 Å². The fraction of sp³-hybridized carbons (Fsp3) is 0.647.